The minimum absolute atomic E-state index is 0. The molecule has 66 valence electrons. The molecule has 0 aromatic rings. The maximum Gasteiger partial charge on any atom is 0.263 e. The van der Waals surface area contributed by atoms with Crippen molar-refractivity contribution in [3.05, 3.63) is 24.4 Å². The van der Waals surface area contributed by atoms with E-state index in [1.807, 2.05) is 18.4 Å². The van der Waals surface area contributed by atoms with Crippen LogP contribution in [0, 0.1) is 0 Å². The van der Waals surface area contributed by atoms with Gasteiger partial charge in [0.15, 0.2) is 0 Å². The molecule has 1 aliphatic heterocycles. The first-order valence-electron chi connectivity index (χ1n) is 2.75. The predicted molar refractivity (Wildman–Crippen MR) is 47.0 cm³/mol. The van der Waals surface area contributed by atoms with Crippen molar-refractivity contribution in [1.29, 1.82) is 0 Å². The van der Waals surface area contributed by atoms with Crippen molar-refractivity contribution in [3.63, 3.8) is 0 Å². The third kappa shape index (κ3) is 22.5. The molecular weight excluding hydrogens is 252 g/mol. The van der Waals surface area contributed by atoms with Crippen molar-refractivity contribution < 1.29 is 32.8 Å². The van der Waals surface area contributed by atoms with E-state index in [1.165, 1.54) is 0 Å². The molecule has 1 aliphatic rings. The number of dihydropyridines is 1. The number of rotatable bonds is 0. The maximum absolute atomic E-state index is 9.11. The molecule has 7 heteroatoms. The van der Waals surface area contributed by atoms with E-state index in [0.717, 1.165) is 6.54 Å². The molecule has 0 aromatic heterocycles. The van der Waals surface area contributed by atoms with Crippen LogP contribution in [0.1, 0.15) is 0 Å². The molecule has 4 nitrogen and oxygen atoms in total. The smallest absolute Gasteiger partial charge is 0.263 e. The van der Waals surface area contributed by atoms with Crippen LogP contribution in [0.25, 0.3) is 0 Å². The van der Waals surface area contributed by atoms with Crippen LogP contribution in [0.4, 0.5) is 0 Å². The van der Waals surface area contributed by atoms with Crippen LogP contribution in [-0.4, -0.2) is 19.9 Å². The summed E-state index contributed by atoms with van der Waals surface area (Å²) >= 11 is 3.47. The van der Waals surface area contributed by atoms with Gasteiger partial charge in [0, 0.05) is 37.2 Å². The Balaban J connectivity index is 0. The molecule has 0 aliphatic carbocycles. The number of hydrogen-bond acceptors (Lipinski definition) is 3. The molecule has 0 unspecified atom stereocenters. The largest absolute Gasteiger partial charge is 0.387 e. The Labute approximate surface area is 89.2 Å². The summed E-state index contributed by atoms with van der Waals surface area (Å²) in [7, 11) is -3.83. The molecule has 1 rings (SSSR count). The van der Waals surface area contributed by atoms with Gasteiger partial charge in [0.1, 0.15) is 0 Å². The summed E-state index contributed by atoms with van der Waals surface area (Å²) < 4.78 is 24.0. The molecular formula is C5H9NO3S2Zn. The van der Waals surface area contributed by atoms with E-state index in [1.54, 1.807) is 0 Å². The van der Waals surface area contributed by atoms with Crippen LogP contribution in [0.15, 0.2) is 24.4 Å². The Morgan fingerprint density at radius 2 is 1.92 bits per heavy atom. The first-order chi connectivity index (χ1) is 5.00. The van der Waals surface area contributed by atoms with Gasteiger partial charge >= 0.3 is 0 Å². The Morgan fingerprint density at radius 1 is 1.42 bits per heavy atom. The van der Waals surface area contributed by atoms with E-state index in [9.17, 15) is 0 Å². The van der Waals surface area contributed by atoms with Crippen LogP contribution < -0.4 is 5.32 Å². The Kier molecular flexibility index (Phi) is 9.58. The summed E-state index contributed by atoms with van der Waals surface area (Å²) in [6.45, 7) is 0.983. The molecule has 3 N–H and O–H groups in total. The van der Waals surface area contributed by atoms with Crippen LogP contribution in [0.5, 0.6) is 0 Å². The van der Waals surface area contributed by atoms with E-state index in [2.05, 4.69) is 22.6 Å². The topological polar surface area (TPSA) is 69.6 Å². The van der Waals surface area contributed by atoms with E-state index < -0.39 is 9.05 Å². The second-order valence-electron chi connectivity index (χ2n) is 1.64. The zero-order chi connectivity index (χ0) is 8.74. The molecule has 0 spiro atoms. The maximum atomic E-state index is 9.11. The average Bonchev–Trinajstić information content (AvgIpc) is 1.88. The fourth-order valence-electron chi connectivity index (χ4n) is 0.406. The summed E-state index contributed by atoms with van der Waals surface area (Å²) in [5.41, 5.74) is 0. The molecule has 0 saturated carbocycles. The second kappa shape index (κ2) is 7.82. The van der Waals surface area contributed by atoms with E-state index in [0.29, 0.717) is 0 Å². The summed E-state index contributed by atoms with van der Waals surface area (Å²) in [4.78, 5) is 0. The molecule has 0 bridgehead atoms. The molecule has 0 saturated heterocycles. The van der Waals surface area contributed by atoms with Crippen LogP contribution in [-0.2, 0) is 39.7 Å². The normalized spacial score (nSPS) is 13.5. The fourth-order valence-corrected chi connectivity index (χ4v) is 0.406. The number of nitrogens with one attached hydrogen (secondary N) is 1. The standard InChI is InChI=1S/C5H7N.H2O3S2.Zn/c1-2-4-6-5-3-1;1-5(2,3)4;/h1-4,6H,5H2;(H2,1,2,3,4);. The molecule has 0 aromatic carbocycles. The van der Waals surface area contributed by atoms with Gasteiger partial charge < -0.3 is 5.32 Å². The van der Waals surface area contributed by atoms with Crippen molar-refractivity contribution in [1.82, 2.24) is 5.32 Å². The predicted octanol–water partition coefficient (Wildman–Crippen LogP) is 0.336. The van der Waals surface area contributed by atoms with Crippen LogP contribution >= 0.6 is 0 Å². The van der Waals surface area contributed by atoms with Crippen molar-refractivity contribution >= 4 is 20.2 Å². The molecule has 0 fully saturated rings. The molecule has 1 heterocycles. The van der Waals surface area contributed by atoms with Crippen LogP contribution in [0.2, 0.25) is 0 Å². The van der Waals surface area contributed by atoms with Gasteiger partial charge in [0.05, 0.1) is 0 Å². The van der Waals surface area contributed by atoms with Gasteiger partial charge in [-0.2, -0.15) is 4.21 Å². The SMILES string of the molecule is C1=CCNC=C1.O=S(O)(O)=S.[Zn]. The van der Waals surface area contributed by atoms with E-state index >= 15 is 0 Å². The van der Waals surface area contributed by atoms with Crippen LogP contribution in [0.3, 0.4) is 0 Å². The third-order valence-corrected chi connectivity index (χ3v) is 0.697. The van der Waals surface area contributed by atoms with Crippen molar-refractivity contribution in [2.45, 2.75) is 0 Å². The second-order valence-corrected chi connectivity index (χ2v) is 3.84. The molecule has 0 radical (unpaired) electrons. The Bertz CT molecular complexity index is 227. The first kappa shape index (κ1) is 14.7. The van der Waals surface area contributed by atoms with Gasteiger partial charge in [-0.1, -0.05) is 12.2 Å². The van der Waals surface area contributed by atoms with E-state index in [4.69, 9.17) is 13.3 Å². The van der Waals surface area contributed by atoms with Crippen molar-refractivity contribution in [2.24, 2.45) is 0 Å². The quantitative estimate of drug-likeness (QED) is 0.548. The molecule has 12 heavy (non-hydrogen) atoms. The van der Waals surface area contributed by atoms with Gasteiger partial charge in [-0.3, -0.25) is 9.11 Å². The Hall–Kier alpha value is 0.193. The van der Waals surface area contributed by atoms with Gasteiger partial charge in [0.2, 0.25) is 0 Å². The van der Waals surface area contributed by atoms with E-state index in [-0.39, 0.29) is 19.5 Å². The Morgan fingerprint density at radius 3 is 2.00 bits per heavy atom. The van der Waals surface area contributed by atoms with Crippen molar-refractivity contribution in [2.75, 3.05) is 6.54 Å². The molecule has 0 amide bonds. The summed E-state index contributed by atoms with van der Waals surface area (Å²) in [5, 5.41) is 3.02. The number of hydrogen-bond donors (Lipinski definition) is 3. The van der Waals surface area contributed by atoms with Gasteiger partial charge in [-0.15, -0.1) is 0 Å². The first-order valence-corrected chi connectivity index (χ1v) is 5.15. The zero-order valence-electron chi connectivity index (χ0n) is 6.34. The monoisotopic (exact) mass is 259 g/mol. The van der Waals surface area contributed by atoms with Gasteiger partial charge in [0.25, 0.3) is 9.05 Å². The summed E-state index contributed by atoms with van der Waals surface area (Å²) in [6.07, 6.45) is 8.00. The average molecular weight is 261 g/mol. The summed E-state index contributed by atoms with van der Waals surface area (Å²) in [5.74, 6) is 0. The zero-order valence-corrected chi connectivity index (χ0v) is 10.9. The van der Waals surface area contributed by atoms with Gasteiger partial charge in [-0.05, 0) is 12.3 Å². The number of allylic oxidation sites excluding steroid dienone is 2. The fraction of sp³-hybridized carbons (Fsp3) is 0.200. The third-order valence-electron chi connectivity index (χ3n) is 0.697. The van der Waals surface area contributed by atoms with Gasteiger partial charge in [-0.25, -0.2) is 0 Å². The minimum Gasteiger partial charge on any atom is -0.387 e. The molecule has 0 atom stereocenters. The van der Waals surface area contributed by atoms with Crippen molar-refractivity contribution in [3.8, 4) is 0 Å². The summed E-state index contributed by atoms with van der Waals surface area (Å²) in [6, 6.07) is 0. The minimum atomic E-state index is -3.83.